The Balaban J connectivity index is 1.81. The Hall–Kier alpha value is -2.99. The van der Waals surface area contributed by atoms with Gasteiger partial charge < -0.3 is 4.74 Å². The van der Waals surface area contributed by atoms with Gasteiger partial charge in [0.05, 0.1) is 20.3 Å². The maximum absolute atomic E-state index is 13.2. The number of ether oxygens (including phenoxy) is 1. The predicted octanol–water partition coefficient (Wildman–Crippen LogP) is 4.29. The van der Waals surface area contributed by atoms with Crippen molar-refractivity contribution in [2.45, 2.75) is 25.7 Å². The first kappa shape index (κ1) is 22.7. The molecular formula is C26H30N2O3. The van der Waals surface area contributed by atoms with Crippen LogP contribution in [0.25, 0.3) is 0 Å². The van der Waals surface area contributed by atoms with Crippen molar-refractivity contribution in [2.75, 3.05) is 20.8 Å². The Bertz CT molecular complexity index is 862. The summed E-state index contributed by atoms with van der Waals surface area (Å²) in [6.45, 7) is 1.96. The minimum absolute atomic E-state index is 0.137. The van der Waals surface area contributed by atoms with Gasteiger partial charge >= 0.3 is 0 Å². The highest BCUT2D eigenvalue weighted by Crippen LogP contribution is 2.16. The monoisotopic (exact) mass is 418 g/mol. The molecule has 3 rings (SSSR count). The highest BCUT2D eigenvalue weighted by Gasteiger charge is 2.29. The molecule has 0 saturated carbocycles. The van der Waals surface area contributed by atoms with Crippen LogP contribution in [0.4, 0.5) is 0 Å². The van der Waals surface area contributed by atoms with Crippen LogP contribution in [0.15, 0.2) is 91.0 Å². The number of amides is 1. The van der Waals surface area contributed by atoms with Crippen molar-refractivity contribution in [3.05, 3.63) is 108 Å². The fraction of sp³-hybridized carbons (Fsp3) is 0.269. The second kappa shape index (κ2) is 12.0. The Kier molecular flexibility index (Phi) is 8.79. The summed E-state index contributed by atoms with van der Waals surface area (Å²) in [6.07, 6.45) is 0. The van der Waals surface area contributed by atoms with Crippen molar-refractivity contribution in [1.29, 1.82) is 0 Å². The molecule has 0 unspecified atom stereocenters. The van der Waals surface area contributed by atoms with E-state index in [-0.39, 0.29) is 12.5 Å². The van der Waals surface area contributed by atoms with E-state index >= 15 is 0 Å². The number of hydroxylamine groups is 2. The normalized spacial score (nSPS) is 12.0. The molecule has 0 fully saturated rings. The van der Waals surface area contributed by atoms with Gasteiger partial charge in [-0.2, -0.15) is 0 Å². The summed E-state index contributed by atoms with van der Waals surface area (Å²) in [5.41, 5.74) is 3.35. The first-order chi connectivity index (χ1) is 15.2. The van der Waals surface area contributed by atoms with E-state index in [0.29, 0.717) is 19.7 Å². The molecule has 0 N–H and O–H groups in total. The average Bonchev–Trinajstić information content (AvgIpc) is 2.82. The quantitative estimate of drug-likeness (QED) is 0.436. The highest BCUT2D eigenvalue weighted by molar-refractivity contribution is 5.80. The molecule has 0 saturated heterocycles. The summed E-state index contributed by atoms with van der Waals surface area (Å²) >= 11 is 0. The van der Waals surface area contributed by atoms with Gasteiger partial charge in [-0.05, 0) is 16.7 Å². The van der Waals surface area contributed by atoms with Crippen LogP contribution < -0.4 is 0 Å². The summed E-state index contributed by atoms with van der Waals surface area (Å²) < 4.78 is 6.01. The van der Waals surface area contributed by atoms with E-state index in [1.54, 1.807) is 7.05 Å². The van der Waals surface area contributed by atoms with Gasteiger partial charge in [-0.15, -0.1) is 0 Å². The Morgan fingerprint density at radius 3 is 1.68 bits per heavy atom. The summed E-state index contributed by atoms with van der Waals surface area (Å²) in [5.74, 6) is -0.137. The van der Waals surface area contributed by atoms with E-state index in [0.717, 1.165) is 16.7 Å². The van der Waals surface area contributed by atoms with Gasteiger partial charge in [0.2, 0.25) is 0 Å². The van der Waals surface area contributed by atoms with E-state index < -0.39 is 6.04 Å². The maximum Gasteiger partial charge on any atom is 0.265 e. The topological polar surface area (TPSA) is 42.0 Å². The van der Waals surface area contributed by atoms with Crippen molar-refractivity contribution in [2.24, 2.45) is 0 Å². The molecule has 0 heterocycles. The first-order valence-electron chi connectivity index (χ1n) is 10.4. The van der Waals surface area contributed by atoms with Crippen molar-refractivity contribution in [3.8, 4) is 0 Å². The van der Waals surface area contributed by atoms with E-state index in [1.165, 1.54) is 12.2 Å². The van der Waals surface area contributed by atoms with Crippen molar-refractivity contribution in [1.82, 2.24) is 9.96 Å². The summed E-state index contributed by atoms with van der Waals surface area (Å²) in [5, 5.41) is 1.28. The van der Waals surface area contributed by atoms with Gasteiger partial charge in [0.1, 0.15) is 6.04 Å². The van der Waals surface area contributed by atoms with Crippen molar-refractivity contribution >= 4 is 5.91 Å². The number of nitrogens with zero attached hydrogens (tertiary/aromatic N) is 2. The summed E-state index contributed by atoms with van der Waals surface area (Å²) in [6, 6.07) is 29.8. The predicted molar refractivity (Wildman–Crippen MR) is 122 cm³/mol. The van der Waals surface area contributed by atoms with Crippen LogP contribution in [0, 0.1) is 0 Å². The molecule has 0 aliphatic carbocycles. The minimum Gasteiger partial charge on any atom is -0.375 e. The number of hydrogen-bond donors (Lipinski definition) is 0. The van der Waals surface area contributed by atoms with Gasteiger partial charge in [0.15, 0.2) is 0 Å². The van der Waals surface area contributed by atoms with Gasteiger partial charge in [-0.1, -0.05) is 91.0 Å². The van der Waals surface area contributed by atoms with E-state index in [4.69, 9.17) is 9.57 Å². The lowest BCUT2D eigenvalue weighted by Gasteiger charge is -2.32. The smallest absolute Gasteiger partial charge is 0.265 e. The number of carbonyl (C=O) groups excluding carboxylic acids is 1. The van der Waals surface area contributed by atoms with Crippen LogP contribution in [-0.2, 0) is 34.1 Å². The summed E-state index contributed by atoms with van der Waals surface area (Å²) in [7, 11) is 3.13. The van der Waals surface area contributed by atoms with Crippen LogP contribution in [0.5, 0.6) is 0 Å². The van der Waals surface area contributed by atoms with Crippen LogP contribution >= 0.6 is 0 Å². The van der Waals surface area contributed by atoms with Crippen molar-refractivity contribution < 1.29 is 14.4 Å². The number of benzene rings is 3. The summed E-state index contributed by atoms with van der Waals surface area (Å²) in [4.78, 5) is 20.6. The third kappa shape index (κ3) is 7.03. The lowest BCUT2D eigenvalue weighted by molar-refractivity contribution is -0.177. The Morgan fingerprint density at radius 2 is 1.23 bits per heavy atom. The lowest BCUT2D eigenvalue weighted by Crippen LogP contribution is -2.49. The molecule has 0 aliphatic heterocycles. The molecule has 1 atom stereocenters. The molecule has 5 heteroatoms. The van der Waals surface area contributed by atoms with Gasteiger partial charge in [0, 0.05) is 20.1 Å². The van der Waals surface area contributed by atoms with Gasteiger partial charge in [-0.3, -0.25) is 14.5 Å². The minimum atomic E-state index is -0.492. The zero-order valence-corrected chi connectivity index (χ0v) is 18.2. The standard InChI is InChI=1S/C26H30N2O3/c1-27(30-2)26(29)25(21-31-20-24-16-10-5-11-17-24)28(18-22-12-6-3-7-13-22)19-23-14-8-4-9-15-23/h3-17,25H,18-21H2,1-2H3/t25-/m0/s1. The Morgan fingerprint density at radius 1 is 0.774 bits per heavy atom. The van der Waals surface area contributed by atoms with Crippen LogP contribution in [0.3, 0.4) is 0 Å². The number of rotatable bonds is 11. The first-order valence-corrected chi connectivity index (χ1v) is 10.4. The third-order valence-corrected chi connectivity index (χ3v) is 5.15. The molecule has 0 aromatic heterocycles. The zero-order chi connectivity index (χ0) is 21.9. The van der Waals surface area contributed by atoms with Crippen LogP contribution in [0.2, 0.25) is 0 Å². The molecule has 31 heavy (non-hydrogen) atoms. The van der Waals surface area contributed by atoms with Crippen molar-refractivity contribution in [3.63, 3.8) is 0 Å². The lowest BCUT2D eigenvalue weighted by atomic mass is 10.1. The number of likely N-dealkylation sites (N-methyl/N-ethyl adjacent to an activating group) is 1. The second-order valence-corrected chi connectivity index (χ2v) is 7.41. The molecule has 0 radical (unpaired) electrons. The number of hydrogen-bond acceptors (Lipinski definition) is 4. The fourth-order valence-electron chi connectivity index (χ4n) is 3.41. The molecule has 0 bridgehead atoms. The molecule has 1 amide bonds. The molecule has 0 spiro atoms. The van der Waals surface area contributed by atoms with E-state index in [2.05, 4.69) is 29.2 Å². The Labute approximate surface area is 184 Å². The molecular weight excluding hydrogens is 388 g/mol. The molecule has 3 aromatic rings. The largest absolute Gasteiger partial charge is 0.375 e. The fourth-order valence-corrected chi connectivity index (χ4v) is 3.41. The highest BCUT2D eigenvalue weighted by atomic mass is 16.7. The average molecular weight is 419 g/mol. The van der Waals surface area contributed by atoms with Crippen LogP contribution in [0.1, 0.15) is 16.7 Å². The van der Waals surface area contributed by atoms with Gasteiger partial charge in [0.25, 0.3) is 5.91 Å². The van der Waals surface area contributed by atoms with Crippen LogP contribution in [-0.4, -0.2) is 42.7 Å². The third-order valence-electron chi connectivity index (χ3n) is 5.15. The molecule has 162 valence electrons. The molecule has 0 aliphatic rings. The van der Waals surface area contributed by atoms with E-state index in [9.17, 15) is 4.79 Å². The van der Waals surface area contributed by atoms with Gasteiger partial charge in [-0.25, -0.2) is 5.06 Å². The molecule has 3 aromatic carbocycles. The molecule has 5 nitrogen and oxygen atoms in total. The SMILES string of the molecule is CON(C)C(=O)[C@H](COCc1ccccc1)N(Cc1ccccc1)Cc1ccccc1. The van der Waals surface area contributed by atoms with E-state index in [1.807, 2.05) is 66.7 Å². The maximum atomic E-state index is 13.2. The zero-order valence-electron chi connectivity index (χ0n) is 18.2. The number of carbonyl (C=O) groups is 1. The second-order valence-electron chi connectivity index (χ2n) is 7.41.